The number of hydrogen-bond donors (Lipinski definition) is 0. The number of pyridine rings is 1. The van der Waals surface area contributed by atoms with E-state index in [1.165, 1.54) is 10.6 Å². The van der Waals surface area contributed by atoms with Crippen molar-refractivity contribution < 1.29 is 17.9 Å². The Morgan fingerprint density at radius 3 is 2.79 bits per heavy atom. The maximum Gasteiger partial charge on any atom is 0.338 e. The van der Waals surface area contributed by atoms with Gasteiger partial charge in [-0.3, -0.25) is 9.29 Å². The molecule has 1 aromatic heterocycles. The molecule has 1 atom stereocenters. The zero-order valence-corrected chi connectivity index (χ0v) is 14.3. The first kappa shape index (κ1) is 16.4. The van der Waals surface area contributed by atoms with E-state index in [1.54, 1.807) is 36.5 Å². The van der Waals surface area contributed by atoms with E-state index in [4.69, 9.17) is 4.74 Å². The Morgan fingerprint density at radius 1 is 1.33 bits per heavy atom. The highest BCUT2D eigenvalue weighted by Gasteiger charge is 2.32. The highest BCUT2D eigenvalue weighted by molar-refractivity contribution is 7.92. The zero-order chi connectivity index (χ0) is 17.3. The minimum atomic E-state index is -3.34. The molecule has 0 spiro atoms. The number of benzene rings is 1. The third-order valence-electron chi connectivity index (χ3n) is 3.90. The van der Waals surface area contributed by atoms with Gasteiger partial charge in [-0.25, -0.2) is 13.2 Å². The smallest absolute Gasteiger partial charge is 0.338 e. The molecule has 0 radical (unpaired) electrons. The fourth-order valence-corrected chi connectivity index (χ4v) is 4.21. The second kappa shape index (κ2) is 6.24. The summed E-state index contributed by atoms with van der Waals surface area (Å²) in [4.78, 5) is 16.3. The highest BCUT2D eigenvalue weighted by Crippen LogP contribution is 2.34. The van der Waals surface area contributed by atoms with Gasteiger partial charge in [0.1, 0.15) is 6.61 Å². The molecule has 3 rings (SSSR count). The molecular formula is C17H18N2O4S. The molecule has 6 nitrogen and oxygen atoms in total. The van der Waals surface area contributed by atoms with Crippen LogP contribution in [-0.2, 0) is 27.8 Å². The van der Waals surface area contributed by atoms with Crippen LogP contribution < -0.4 is 4.31 Å². The molecule has 0 amide bonds. The summed E-state index contributed by atoms with van der Waals surface area (Å²) < 4.78 is 30.5. The summed E-state index contributed by atoms with van der Waals surface area (Å²) in [5.41, 5.74) is 2.54. The Hall–Kier alpha value is -2.41. The SMILES string of the molecule is C[C@@H]1Cc2cc(C(=O)OCc3ccccn3)ccc2N1S(C)(=O)=O. The number of esters is 1. The lowest BCUT2D eigenvalue weighted by atomic mass is 10.1. The van der Waals surface area contributed by atoms with Crippen LogP contribution in [0.3, 0.4) is 0 Å². The molecule has 0 saturated carbocycles. The lowest BCUT2D eigenvalue weighted by molar-refractivity contribution is 0.0467. The molecule has 0 aliphatic carbocycles. The van der Waals surface area contributed by atoms with Gasteiger partial charge in [0.25, 0.3) is 0 Å². The average molecular weight is 346 g/mol. The molecule has 0 unspecified atom stereocenters. The number of fused-ring (bicyclic) bond motifs is 1. The molecule has 7 heteroatoms. The van der Waals surface area contributed by atoms with Crippen LogP contribution in [-0.4, -0.2) is 31.7 Å². The third kappa shape index (κ3) is 3.26. The van der Waals surface area contributed by atoms with Gasteiger partial charge in [-0.05, 0) is 49.2 Å². The van der Waals surface area contributed by atoms with Crippen molar-refractivity contribution in [3.8, 4) is 0 Å². The van der Waals surface area contributed by atoms with Gasteiger partial charge in [0.2, 0.25) is 10.0 Å². The van der Waals surface area contributed by atoms with Gasteiger partial charge in [0.05, 0.1) is 23.2 Å². The Balaban J connectivity index is 1.77. The van der Waals surface area contributed by atoms with Gasteiger partial charge >= 0.3 is 5.97 Å². The number of carbonyl (C=O) groups excluding carboxylic acids is 1. The van der Waals surface area contributed by atoms with E-state index < -0.39 is 16.0 Å². The van der Waals surface area contributed by atoms with Crippen molar-refractivity contribution in [3.63, 3.8) is 0 Å². The molecular weight excluding hydrogens is 328 g/mol. The Morgan fingerprint density at radius 2 is 2.12 bits per heavy atom. The lowest BCUT2D eigenvalue weighted by Crippen LogP contribution is -2.34. The maximum absolute atomic E-state index is 12.2. The summed E-state index contributed by atoms with van der Waals surface area (Å²) >= 11 is 0. The van der Waals surface area contributed by atoms with Crippen LogP contribution >= 0.6 is 0 Å². The fraction of sp³-hybridized carbons (Fsp3) is 0.294. The van der Waals surface area contributed by atoms with Gasteiger partial charge in [-0.15, -0.1) is 0 Å². The second-order valence-corrected chi connectivity index (χ2v) is 7.71. The molecule has 2 aromatic rings. The van der Waals surface area contributed by atoms with E-state index in [1.807, 2.05) is 13.0 Å². The van der Waals surface area contributed by atoms with Crippen molar-refractivity contribution in [2.75, 3.05) is 10.6 Å². The predicted octanol–water partition coefficient (Wildman–Crippen LogP) is 2.15. The van der Waals surface area contributed by atoms with Crippen LogP contribution in [0.25, 0.3) is 0 Å². The highest BCUT2D eigenvalue weighted by atomic mass is 32.2. The van der Waals surface area contributed by atoms with Crippen molar-refractivity contribution in [1.82, 2.24) is 4.98 Å². The first-order chi connectivity index (χ1) is 11.4. The summed E-state index contributed by atoms with van der Waals surface area (Å²) in [6.45, 7) is 1.95. The molecule has 0 fully saturated rings. The standard InChI is InChI=1S/C17H18N2O4S/c1-12-9-14-10-13(6-7-16(14)19(12)24(2,21)22)17(20)23-11-15-5-3-4-8-18-15/h3-8,10,12H,9,11H2,1-2H3/t12-/m1/s1. The molecule has 126 valence electrons. The van der Waals surface area contributed by atoms with Gasteiger partial charge in [-0.1, -0.05) is 6.07 Å². The van der Waals surface area contributed by atoms with Crippen molar-refractivity contribution in [2.24, 2.45) is 0 Å². The Bertz CT molecular complexity index is 865. The van der Waals surface area contributed by atoms with Crippen LogP contribution in [0, 0.1) is 0 Å². The number of ether oxygens (including phenoxy) is 1. The molecule has 24 heavy (non-hydrogen) atoms. The normalized spacial score (nSPS) is 16.8. The number of aromatic nitrogens is 1. The van der Waals surface area contributed by atoms with E-state index in [2.05, 4.69) is 4.98 Å². The largest absolute Gasteiger partial charge is 0.456 e. The minimum Gasteiger partial charge on any atom is -0.456 e. The number of rotatable bonds is 4. The van der Waals surface area contributed by atoms with Crippen LogP contribution in [0.4, 0.5) is 5.69 Å². The summed E-state index contributed by atoms with van der Waals surface area (Å²) in [5.74, 6) is -0.450. The van der Waals surface area contributed by atoms with E-state index in [0.717, 1.165) is 5.56 Å². The Kier molecular flexibility index (Phi) is 4.28. The average Bonchev–Trinajstić information content (AvgIpc) is 2.88. The summed E-state index contributed by atoms with van der Waals surface area (Å²) in [6, 6.07) is 10.2. The number of anilines is 1. The molecule has 1 aliphatic rings. The van der Waals surface area contributed by atoms with E-state index >= 15 is 0 Å². The second-order valence-electron chi connectivity index (χ2n) is 5.85. The number of hydrogen-bond acceptors (Lipinski definition) is 5. The molecule has 0 saturated heterocycles. The minimum absolute atomic E-state index is 0.0998. The maximum atomic E-state index is 12.2. The first-order valence-electron chi connectivity index (χ1n) is 7.55. The van der Waals surface area contributed by atoms with E-state index in [0.29, 0.717) is 23.4 Å². The van der Waals surface area contributed by atoms with Gasteiger partial charge < -0.3 is 4.74 Å². The van der Waals surface area contributed by atoms with Crippen molar-refractivity contribution in [2.45, 2.75) is 26.0 Å². The summed E-state index contributed by atoms with van der Waals surface area (Å²) in [5, 5.41) is 0. The van der Waals surface area contributed by atoms with Crippen molar-refractivity contribution >= 4 is 21.7 Å². The van der Waals surface area contributed by atoms with Crippen LogP contribution in [0.15, 0.2) is 42.6 Å². The first-order valence-corrected chi connectivity index (χ1v) is 9.40. The number of sulfonamides is 1. The lowest BCUT2D eigenvalue weighted by Gasteiger charge is -2.21. The number of nitrogens with zero attached hydrogens (tertiary/aromatic N) is 2. The topological polar surface area (TPSA) is 76.6 Å². The van der Waals surface area contributed by atoms with Crippen molar-refractivity contribution in [3.05, 3.63) is 59.4 Å². The van der Waals surface area contributed by atoms with E-state index in [-0.39, 0.29) is 12.6 Å². The van der Waals surface area contributed by atoms with Crippen LogP contribution in [0.5, 0.6) is 0 Å². The number of carbonyl (C=O) groups is 1. The summed E-state index contributed by atoms with van der Waals surface area (Å²) in [7, 11) is -3.34. The molecule has 1 aliphatic heterocycles. The quantitative estimate of drug-likeness (QED) is 0.793. The molecule has 1 aromatic carbocycles. The van der Waals surface area contributed by atoms with E-state index in [9.17, 15) is 13.2 Å². The monoisotopic (exact) mass is 346 g/mol. The molecule has 2 heterocycles. The molecule has 0 bridgehead atoms. The third-order valence-corrected chi connectivity index (χ3v) is 5.17. The van der Waals surface area contributed by atoms with Crippen LogP contribution in [0.1, 0.15) is 28.5 Å². The van der Waals surface area contributed by atoms with Crippen LogP contribution in [0.2, 0.25) is 0 Å². The van der Waals surface area contributed by atoms with Gasteiger partial charge in [-0.2, -0.15) is 0 Å². The fourth-order valence-electron chi connectivity index (χ4n) is 2.94. The van der Waals surface area contributed by atoms with Gasteiger partial charge in [0.15, 0.2) is 0 Å². The summed E-state index contributed by atoms with van der Waals surface area (Å²) in [6.07, 6.45) is 3.40. The zero-order valence-electron chi connectivity index (χ0n) is 13.5. The molecule has 0 N–H and O–H groups in total. The predicted molar refractivity (Wildman–Crippen MR) is 90.3 cm³/mol. The Labute approximate surface area is 141 Å². The van der Waals surface area contributed by atoms with Gasteiger partial charge in [0, 0.05) is 12.2 Å². The van der Waals surface area contributed by atoms with Crippen molar-refractivity contribution in [1.29, 1.82) is 0 Å².